The number of halogens is 3. The zero-order valence-electron chi connectivity index (χ0n) is 17.7. The number of amides is 2. The van der Waals surface area contributed by atoms with Crippen LogP contribution in [-0.2, 0) is 21.9 Å². The summed E-state index contributed by atoms with van der Waals surface area (Å²) in [6.45, 7) is 4.73. The van der Waals surface area contributed by atoms with Gasteiger partial charge < -0.3 is 10.2 Å². The fourth-order valence-corrected chi connectivity index (χ4v) is 4.60. The van der Waals surface area contributed by atoms with Crippen LogP contribution in [-0.4, -0.2) is 35.1 Å². The number of carbonyl (C=O) groups is 2. The van der Waals surface area contributed by atoms with Crippen LogP contribution in [0.25, 0.3) is 0 Å². The summed E-state index contributed by atoms with van der Waals surface area (Å²) in [5.74, 6) is 0.526. The van der Waals surface area contributed by atoms with Gasteiger partial charge in [0.05, 0.1) is 5.75 Å². The fraction of sp³-hybridized carbons (Fsp3) is 0.391. The molecule has 0 spiro atoms. The van der Waals surface area contributed by atoms with Crippen LogP contribution < -0.4 is 5.32 Å². The molecule has 0 heterocycles. The summed E-state index contributed by atoms with van der Waals surface area (Å²) in [6, 6.07) is 12.1. The molecule has 0 bridgehead atoms. The second kappa shape index (κ2) is 13.2. The highest BCUT2D eigenvalue weighted by molar-refractivity contribution is 7.99. The van der Waals surface area contributed by atoms with Gasteiger partial charge in [-0.15, -0.1) is 11.8 Å². The zero-order chi connectivity index (χ0) is 22.8. The molecule has 0 saturated carbocycles. The minimum absolute atomic E-state index is 0.117. The van der Waals surface area contributed by atoms with Crippen molar-refractivity contribution in [1.82, 2.24) is 10.2 Å². The van der Waals surface area contributed by atoms with Crippen molar-refractivity contribution < 1.29 is 9.59 Å². The van der Waals surface area contributed by atoms with Crippen LogP contribution in [0, 0.1) is 0 Å². The predicted molar refractivity (Wildman–Crippen MR) is 132 cm³/mol. The van der Waals surface area contributed by atoms with E-state index in [0.29, 0.717) is 33.9 Å². The molecule has 0 radical (unpaired) electrons. The van der Waals surface area contributed by atoms with Gasteiger partial charge in [-0.2, -0.15) is 0 Å². The molecule has 0 aliphatic heterocycles. The van der Waals surface area contributed by atoms with Gasteiger partial charge in [0, 0.05) is 33.9 Å². The Bertz CT molecular complexity index is 895. The number of carbonyl (C=O) groups excluding carboxylic acids is 2. The van der Waals surface area contributed by atoms with Crippen LogP contribution in [0.1, 0.15) is 37.8 Å². The van der Waals surface area contributed by atoms with E-state index in [9.17, 15) is 9.59 Å². The number of hydrogen-bond donors (Lipinski definition) is 1. The third-order valence-electron chi connectivity index (χ3n) is 4.74. The summed E-state index contributed by atoms with van der Waals surface area (Å²) >= 11 is 19.7. The van der Waals surface area contributed by atoms with Gasteiger partial charge in [-0.05, 0) is 48.7 Å². The Balaban J connectivity index is 2.06. The molecule has 1 atom stereocenters. The van der Waals surface area contributed by atoms with E-state index in [4.69, 9.17) is 34.8 Å². The number of thioether (sulfide) groups is 1. The van der Waals surface area contributed by atoms with E-state index < -0.39 is 6.04 Å². The third kappa shape index (κ3) is 8.57. The van der Waals surface area contributed by atoms with E-state index in [2.05, 4.69) is 12.2 Å². The number of hydrogen-bond acceptors (Lipinski definition) is 3. The number of nitrogens with one attached hydrogen (secondary N) is 1. The molecule has 0 saturated heterocycles. The average molecular weight is 502 g/mol. The van der Waals surface area contributed by atoms with Gasteiger partial charge in [0.1, 0.15) is 6.04 Å². The van der Waals surface area contributed by atoms with Crippen molar-refractivity contribution >= 4 is 58.4 Å². The molecule has 0 fully saturated rings. The first-order valence-electron chi connectivity index (χ1n) is 10.1. The van der Waals surface area contributed by atoms with E-state index in [0.717, 1.165) is 24.0 Å². The Labute approximate surface area is 203 Å². The Morgan fingerprint density at radius 1 is 1.10 bits per heavy atom. The molecule has 1 unspecified atom stereocenters. The van der Waals surface area contributed by atoms with Crippen LogP contribution in [0.5, 0.6) is 0 Å². The monoisotopic (exact) mass is 500 g/mol. The Morgan fingerprint density at radius 2 is 1.84 bits per heavy atom. The molecule has 2 aromatic rings. The van der Waals surface area contributed by atoms with E-state index in [1.165, 1.54) is 11.8 Å². The molecule has 31 heavy (non-hydrogen) atoms. The first kappa shape index (κ1) is 25.9. The molecule has 2 aromatic carbocycles. The summed E-state index contributed by atoms with van der Waals surface area (Å²) in [4.78, 5) is 27.3. The molecule has 0 aromatic heterocycles. The summed E-state index contributed by atoms with van der Waals surface area (Å²) in [5, 5.41) is 4.66. The van der Waals surface area contributed by atoms with Crippen molar-refractivity contribution in [2.24, 2.45) is 0 Å². The summed E-state index contributed by atoms with van der Waals surface area (Å²) in [6.07, 6.45) is 1.89. The predicted octanol–water partition coefficient (Wildman–Crippen LogP) is 6.21. The van der Waals surface area contributed by atoms with Gasteiger partial charge in [0.2, 0.25) is 11.8 Å². The highest BCUT2D eigenvalue weighted by Gasteiger charge is 2.26. The molecule has 0 aliphatic carbocycles. The highest BCUT2D eigenvalue weighted by Crippen LogP contribution is 2.25. The normalized spacial score (nSPS) is 11.8. The van der Waals surface area contributed by atoms with Gasteiger partial charge in [0.25, 0.3) is 0 Å². The van der Waals surface area contributed by atoms with Gasteiger partial charge in [0.15, 0.2) is 0 Å². The van der Waals surface area contributed by atoms with Crippen LogP contribution >= 0.6 is 46.6 Å². The van der Waals surface area contributed by atoms with Crippen molar-refractivity contribution in [3.63, 3.8) is 0 Å². The lowest BCUT2D eigenvalue weighted by molar-refractivity contribution is -0.138. The molecule has 2 amide bonds. The van der Waals surface area contributed by atoms with Crippen molar-refractivity contribution in [2.75, 3.05) is 12.3 Å². The second-order valence-electron chi connectivity index (χ2n) is 7.20. The lowest BCUT2D eigenvalue weighted by atomic mass is 10.1. The summed E-state index contributed by atoms with van der Waals surface area (Å²) in [5.41, 5.74) is 1.79. The molecule has 168 valence electrons. The van der Waals surface area contributed by atoms with E-state index in [1.54, 1.807) is 30.0 Å². The molecule has 2 rings (SSSR count). The molecule has 4 nitrogen and oxygen atoms in total. The summed E-state index contributed by atoms with van der Waals surface area (Å²) < 4.78 is 0. The van der Waals surface area contributed by atoms with E-state index in [-0.39, 0.29) is 17.6 Å². The average Bonchev–Trinajstić information content (AvgIpc) is 2.73. The number of unbranched alkanes of at least 4 members (excludes halogenated alkanes) is 1. The zero-order valence-corrected chi connectivity index (χ0v) is 20.8. The van der Waals surface area contributed by atoms with Crippen molar-refractivity contribution in [3.05, 3.63) is 68.7 Å². The first-order chi connectivity index (χ1) is 14.8. The standard InChI is InChI=1S/C23H27Cl3N2O2S/c1-3-4-10-27-23(30)16(2)28(13-17-6-5-7-19(24)11-17)22(29)15-31-14-18-8-9-20(25)12-21(18)26/h5-9,11-12,16H,3-4,10,13-15H2,1-2H3,(H,27,30). The van der Waals surface area contributed by atoms with Crippen molar-refractivity contribution in [1.29, 1.82) is 0 Å². The molecule has 0 aliphatic rings. The van der Waals surface area contributed by atoms with Gasteiger partial charge in [-0.3, -0.25) is 9.59 Å². The molecular formula is C23H27Cl3N2O2S. The lowest BCUT2D eigenvalue weighted by Crippen LogP contribution is -2.48. The minimum Gasteiger partial charge on any atom is -0.354 e. The van der Waals surface area contributed by atoms with Crippen LogP contribution in [0.4, 0.5) is 0 Å². The minimum atomic E-state index is -0.594. The molecule has 1 N–H and O–H groups in total. The van der Waals surface area contributed by atoms with Crippen LogP contribution in [0.15, 0.2) is 42.5 Å². The number of benzene rings is 2. The van der Waals surface area contributed by atoms with Crippen molar-refractivity contribution in [3.8, 4) is 0 Å². The SMILES string of the molecule is CCCCNC(=O)C(C)N(Cc1cccc(Cl)c1)C(=O)CSCc1ccc(Cl)cc1Cl. The largest absolute Gasteiger partial charge is 0.354 e. The van der Waals surface area contributed by atoms with Crippen LogP contribution in [0.2, 0.25) is 15.1 Å². The van der Waals surface area contributed by atoms with Crippen LogP contribution in [0.3, 0.4) is 0 Å². The van der Waals surface area contributed by atoms with E-state index in [1.807, 2.05) is 24.3 Å². The Morgan fingerprint density at radius 3 is 2.52 bits per heavy atom. The number of rotatable bonds is 11. The fourth-order valence-electron chi connectivity index (χ4n) is 2.92. The smallest absolute Gasteiger partial charge is 0.242 e. The van der Waals surface area contributed by atoms with Crippen molar-refractivity contribution in [2.45, 2.75) is 45.0 Å². The number of nitrogens with zero attached hydrogens (tertiary/aromatic N) is 1. The quantitative estimate of drug-likeness (QED) is 0.372. The maximum atomic E-state index is 13.1. The Hall–Kier alpha value is -1.40. The third-order valence-corrected chi connectivity index (χ3v) is 6.53. The molecule has 8 heteroatoms. The second-order valence-corrected chi connectivity index (χ2v) is 9.47. The van der Waals surface area contributed by atoms with Gasteiger partial charge in [-0.25, -0.2) is 0 Å². The maximum absolute atomic E-state index is 13.1. The molecular weight excluding hydrogens is 475 g/mol. The van der Waals surface area contributed by atoms with E-state index >= 15 is 0 Å². The Kier molecular flexibility index (Phi) is 11.0. The maximum Gasteiger partial charge on any atom is 0.242 e. The summed E-state index contributed by atoms with van der Waals surface area (Å²) in [7, 11) is 0. The first-order valence-corrected chi connectivity index (χ1v) is 12.4. The van der Waals surface area contributed by atoms with Gasteiger partial charge in [-0.1, -0.05) is 66.3 Å². The van der Waals surface area contributed by atoms with Gasteiger partial charge >= 0.3 is 0 Å². The topological polar surface area (TPSA) is 49.4 Å². The lowest BCUT2D eigenvalue weighted by Gasteiger charge is -2.29. The highest BCUT2D eigenvalue weighted by atomic mass is 35.5.